The van der Waals surface area contributed by atoms with Crippen LogP contribution in [0, 0.1) is 0 Å². The Bertz CT molecular complexity index is 576. The molecule has 4 nitrogen and oxygen atoms in total. The van der Waals surface area contributed by atoms with Gasteiger partial charge in [-0.1, -0.05) is 48.5 Å². The molecule has 0 radical (unpaired) electrons. The summed E-state index contributed by atoms with van der Waals surface area (Å²) in [7, 11) is 0. The van der Waals surface area contributed by atoms with Gasteiger partial charge < -0.3 is 10.2 Å². The Kier molecular flexibility index (Phi) is 11.5. The van der Waals surface area contributed by atoms with Crippen LogP contribution in [0.1, 0.15) is 11.1 Å². The third-order valence-corrected chi connectivity index (χ3v) is 2.66. The second-order valence-corrected chi connectivity index (χ2v) is 4.15. The van der Waals surface area contributed by atoms with E-state index in [9.17, 15) is 10.2 Å². The van der Waals surface area contributed by atoms with Gasteiger partial charge in [-0.15, -0.1) is 11.5 Å². The van der Waals surface area contributed by atoms with E-state index in [2.05, 4.69) is 9.98 Å². The summed E-state index contributed by atoms with van der Waals surface area (Å²) in [5.41, 5.74) is 1.14. The molecule has 0 aliphatic heterocycles. The maximum atomic E-state index is 11.4. The summed E-state index contributed by atoms with van der Waals surface area (Å²) in [6.45, 7) is 0.956. The molecule has 102 valence electrons. The van der Waals surface area contributed by atoms with Crippen LogP contribution in [0.3, 0.4) is 0 Å². The van der Waals surface area contributed by atoms with E-state index < -0.39 is 0 Å². The second-order valence-electron chi connectivity index (χ2n) is 4.15. The first-order valence-corrected chi connectivity index (χ1v) is 6.29. The van der Waals surface area contributed by atoms with Crippen LogP contribution in [0.25, 0.3) is 0 Å². The van der Waals surface area contributed by atoms with Gasteiger partial charge in [0.1, 0.15) is 0 Å². The normalized spacial score (nSPS) is 10.4. The predicted octanol–water partition coefficient (Wildman–Crippen LogP) is -4.62. The molecule has 0 heterocycles. The molecule has 0 aromatic heterocycles. The molecule has 22 heavy (non-hydrogen) atoms. The summed E-state index contributed by atoms with van der Waals surface area (Å²) in [5.74, 6) is -0.0833. The topological polar surface area (TPSA) is 70.8 Å². The van der Waals surface area contributed by atoms with E-state index in [4.69, 9.17) is 0 Å². The molecule has 0 fully saturated rings. The van der Waals surface area contributed by atoms with E-state index in [0.717, 1.165) is 0 Å². The minimum atomic E-state index is -0.0416. The Labute approximate surface area is 174 Å². The van der Waals surface area contributed by atoms with Crippen LogP contribution in [-0.4, -0.2) is 25.5 Å². The van der Waals surface area contributed by atoms with Crippen molar-refractivity contribution >= 4 is 12.4 Å². The molecular weight excluding hydrogens is 298 g/mol. The molecule has 0 aliphatic carbocycles. The molecule has 2 rings (SSSR count). The number of hydrogen-bond acceptors (Lipinski definition) is 4. The largest absolute Gasteiger partial charge is 1.00 e. The summed E-state index contributed by atoms with van der Waals surface area (Å²) in [6.07, 6.45) is 3.11. The van der Waals surface area contributed by atoms with Gasteiger partial charge >= 0.3 is 59.1 Å². The molecule has 6 heteroatoms. The van der Waals surface area contributed by atoms with Crippen molar-refractivity contribution in [2.45, 2.75) is 0 Å². The third kappa shape index (κ3) is 7.09. The Morgan fingerprint density at radius 2 is 1.05 bits per heavy atom. The molecule has 0 saturated heterocycles. The Balaban J connectivity index is 0.00000220. The van der Waals surface area contributed by atoms with Gasteiger partial charge in [0.05, 0.1) is 13.1 Å². The SMILES string of the molecule is [Na+].[Na+].[O-]c1ccccc1C=NCCN=Cc1ccccc1[O-]. The first-order valence-electron chi connectivity index (χ1n) is 6.29. The van der Waals surface area contributed by atoms with Crippen LogP contribution in [0.15, 0.2) is 58.5 Å². The van der Waals surface area contributed by atoms with E-state index in [0.29, 0.717) is 24.2 Å². The van der Waals surface area contributed by atoms with Crippen molar-refractivity contribution in [1.82, 2.24) is 0 Å². The first kappa shape index (κ1) is 21.4. The monoisotopic (exact) mass is 312 g/mol. The number of para-hydroxylation sites is 2. The van der Waals surface area contributed by atoms with Gasteiger partial charge in [-0.2, -0.15) is 0 Å². The number of rotatable bonds is 5. The molecule has 0 aliphatic rings. The number of hydrogen-bond donors (Lipinski definition) is 0. The van der Waals surface area contributed by atoms with Crippen LogP contribution in [0.4, 0.5) is 0 Å². The van der Waals surface area contributed by atoms with E-state index >= 15 is 0 Å². The van der Waals surface area contributed by atoms with E-state index in [1.165, 1.54) is 12.1 Å². The molecule has 0 unspecified atom stereocenters. The summed E-state index contributed by atoms with van der Waals surface area (Å²) >= 11 is 0. The minimum Gasteiger partial charge on any atom is -0.872 e. The summed E-state index contributed by atoms with van der Waals surface area (Å²) in [5, 5.41) is 22.8. The van der Waals surface area contributed by atoms with Crippen molar-refractivity contribution in [3.63, 3.8) is 0 Å². The number of aliphatic imine (C=N–C) groups is 2. The Morgan fingerprint density at radius 3 is 1.41 bits per heavy atom. The zero-order valence-electron chi connectivity index (χ0n) is 12.9. The van der Waals surface area contributed by atoms with Crippen molar-refractivity contribution in [3.8, 4) is 11.5 Å². The van der Waals surface area contributed by atoms with Gasteiger partial charge in [0.25, 0.3) is 0 Å². The summed E-state index contributed by atoms with van der Waals surface area (Å²) < 4.78 is 0. The molecule has 0 N–H and O–H groups in total. The predicted molar refractivity (Wildman–Crippen MR) is 76.7 cm³/mol. The Hall–Kier alpha value is -0.620. The van der Waals surface area contributed by atoms with Crippen molar-refractivity contribution in [3.05, 3.63) is 59.7 Å². The van der Waals surface area contributed by atoms with Gasteiger partial charge in [0.15, 0.2) is 0 Å². The molecule has 0 atom stereocenters. The fourth-order valence-electron chi connectivity index (χ4n) is 1.62. The standard InChI is InChI=1S/C16H16N2O2.2Na/c19-15-7-3-1-5-13(15)11-17-9-10-18-12-14-6-2-4-8-16(14)20;;/h1-8,11-12,19-20H,9-10H2;;/q;2*+1/p-2. The third-order valence-electron chi connectivity index (χ3n) is 2.66. The molecule has 0 saturated carbocycles. The van der Waals surface area contributed by atoms with Crippen LogP contribution < -0.4 is 69.3 Å². The average Bonchev–Trinajstić information content (AvgIpc) is 2.46. The average molecular weight is 312 g/mol. The maximum absolute atomic E-state index is 11.4. The molecular formula is C16H14N2Na2O2. The maximum Gasteiger partial charge on any atom is 1.00 e. The van der Waals surface area contributed by atoms with Crippen LogP contribution in [-0.2, 0) is 0 Å². The van der Waals surface area contributed by atoms with Gasteiger partial charge in [-0.05, 0) is 11.1 Å². The van der Waals surface area contributed by atoms with E-state index in [1.807, 2.05) is 0 Å². The zero-order chi connectivity index (χ0) is 14.2. The van der Waals surface area contributed by atoms with Crippen molar-refractivity contribution in [2.75, 3.05) is 13.1 Å². The fourth-order valence-corrected chi connectivity index (χ4v) is 1.62. The molecule has 2 aromatic rings. The quantitative estimate of drug-likeness (QED) is 0.317. The molecule has 0 amide bonds. The van der Waals surface area contributed by atoms with Gasteiger partial charge in [-0.3, -0.25) is 9.98 Å². The van der Waals surface area contributed by atoms with Crippen LogP contribution in [0.5, 0.6) is 11.5 Å². The number of benzene rings is 2. The van der Waals surface area contributed by atoms with Crippen molar-refractivity contribution in [2.24, 2.45) is 9.98 Å². The van der Waals surface area contributed by atoms with Crippen molar-refractivity contribution < 1.29 is 69.3 Å². The second kappa shape index (κ2) is 11.9. The van der Waals surface area contributed by atoms with E-state index in [1.54, 1.807) is 48.8 Å². The summed E-state index contributed by atoms with van der Waals surface area (Å²) in [6, 6.07) is 13.5. The zero-order valence-corrected chi connectivity index (χ0v) is 16.9. The minimum absolute atomic E-state index is 0. The fraction of sp³-hybridized carbons (Fsp3) is 0.125. The smallest absolute Gasteiger partial charge is 0.872 e. The molecule has 2 aromatic carbocycles. The van der Waals surface area contributed by atoms with Gasteiger partial charge in [0, 0.05) is 12.4 Å². The van der Waals surface area contributed by atoms with Crippen LogP contribution in [0.2, 0.25) is 0 Å². The van der Waals surface area contributed by atoms with Gasteiger partial charge in [0.2, 0.25) is 0 Å². The summed E-state index contributed by atoms with van der Waals surface area (Å²) in [4.78, 5) is 8.28. The van der Waals surface area contributed by atoms with Crippen molar-refractivity contribution in [1.29, 1.82) is 0 Å². The van der Waals surface area contributed by atoms with E-state index in [-0.39, 0.29) is 70.6 Å². The Morgan fingerprint density at radius 1 is 0.682 bits per heavy atom. The van der Waals surface area contributed by atoms with Crippen LogP contribution >= 0.6 is 0 Å². The first-order chi connectivity index (χ1) is 9.77. The molecule has 0 spiro atoms. The van der Waals surface area contributed by atoms with Gasteiger partial charge in [-0.25, -0.2) is 0 Å². The molecule has 0 bridgehead atoms. The number of nitrogens with zero attached hydrogens (tertiary/aromatic N) is 2.